The van der Waals surface area contributed by atoms with Crippen molar-refractivity contribution >= 4 is 29.4 Å². The minimum atomic E-state index is -0.761. The van der Waals surface area contributed by atoms with Gasteiger partial charge in [0.05, 0.1) is 6.04 Å². The van der Waals surface area contributed by atoms with Crippen LogP contribution in [0.25, 0.3) is 10.4 Å². The first kappa shape index (κ1) is 20.6. The van der Waals surface area contributed by atoms with Gasteiger partial charge in [-0.2, -0.15) is 0 Å². The quantitative estimate of drug-likeness (QED) is 0.313. The summed E-state index contributed by atoms with van der Waals surface area (Å²) in [4.78, 5) is 56.8. The van der Waals surface area contributed by atoms with Crippen LogP contribution in [0, 0.1) is 0 Å². The molecule has 2 heterocycles. The highest BCUT2D eigenvalue weighted by molar-refractivity contribution is 6.01. The fourth-order valence-corrected chi connectivity index (χ4v) is 2.90. The third-order valence-corrected chi connectivity index (χ3v) is 4.42. The van der Waals surface area contributed by atoms with Crippen LogP contribution in [-0.4, -0.2) is 52.8 Å². The summed E-state index contributed by atoms with van der Waals surface area (Å²) in [6.07, 6.45) is 6.99. The first-order valence-electron chi connectivity index (χ1n) is 9.08. The number of nitrogens with zero attached hydrogens (tertiary/aromatic N) is 5. The van der Waals surface area contributed by atoms with Gasteiger partial charge in [-0.3, -0.25) is 14.4 Å². The van der Waals surface area contributed by atoms with E-state index in [0.717, 1.165) is 0 Å². The van der Waals surface area contributed by atoms with Crippen LogP contribution >= 0.6 is 0 Å². The molecule has 11 nitrogen and oxygen atoms in total. The molecule has 11 heteroatoms. The predicted octanol–water partition coefficient (Wildman–Crippen LogP) is 1.72. The second-order valence-corrected chi connectivity index (χ2v) is 6.46. The second-order valence-electron chi connectivity index (χ2n) is 6.46. The summed E-state index contributed by atoms with van der Waals surface area (Å²) in [7, 11) is 0. The molecule has 1 saturated heterocycles. The monoisotopic (exact) mass is 410 g/mol. The van der Waals surface area contributed by atoms with E-state index in [4.69, 9.17) is 10.4 Å². The summed E-state index contributed by atoms with van der Waals surface area (Å²) in [6, 6.07) is 5.80. The molecule has 30 heavy (non-hydrogen) atoms. The Labute approximate surface area is 171 Å². The Kier molecular flexibility index (Phi) is 6.46. The van der Waals surface area contributed by atoms with Gasteiger partial charge in [-0.25, -0.2) is 4.79 Å². The van der Waals surface area contributed by atoms with Crippen molar-refractivity contribution in [1.82, 2.24) is 15.3 Å². The van der Waals surface area contributed by atoms with Gasteiger partial charge in [0, 0.05) is 41.7 Å². The van der Waals surface area contributed by atoms with Crippen molar-refractivity contribution < 1.29 is 24.0 Å². The maximum absolute atomic E-state index is 12.3. The number of amides is 3. The first-order chi connectivity index (χ1) is 14.5. The normalized spacial score (nSPS) is 17.7. The van der Waals surface area contributed by atoms with Crippen LogP contribution < -0.4 is 5.32 Å². The fourth-order valence-electron chi connectivity index (χ4n) is 2.90. The van der Waals surface area contributed by atoms with Crippen molar-refractivity contribution in [3.63, 3.8) is 0 Å². The lowest BCUT2D eigenvalue weighted by Gasteiger charge is -2.29. The Balaban J connectivity index is 1.54. The highest BCUT2D eigenvalue weighted by atomic mass is 16.7. The van der Waals surface area contributed by atoms with Gasteiger partial charge >= 0.3 is 5.97 Å². The molecular formula is C19H18N6O5. The summed E-state index contributed by atoms with van der Waals surface area (Å²) < 4.78 is 0. The molecule has 0 saturated carbocycles. The lowest BCUT2D eigenvalue weighted by atomic mass is 10.1. The molecular weight excluding hydrogens is 392 g/mol. The Bertz CT molecular complexity index is 948. The van der Waals surface area contributed by atoms with Gasteiger partial charge in [0.15, 0.2) is 0 Å². The highest BCUT2D eigenvalue weighted by Crippen LogP contribution is 2.15. The fraction of sp³-hybridized carbons (Fsp3) is 0.263. The molecule has 3 rings (SSSR count). The van der Waals surface area contributed by atoms with Crippen molar-refractivity contribution in [2.75, 3.05) is 13.1 Å². The molecule has 0 aromatic heterocycles. The SMILES string of the molecule is [N-]=[N+]=Nc1ccc(C(=O)NCC2C=CC=CN2CC(=O)ON2C(=O)CCC2=O)cc1. The minimum Gasteiger partial charge on any atom is -0.358 e. The zero-order chi connectivity index (χ0) is 21.5. The Morgan fingerprint density at radius 3 is 2.53 bits per heavy atom. The van der Waals surface area contributed by atoms with Crippen molar-refractivity contribution in [2.24, 2.45) is 5.11 Å². The number of nitrogens with one attached hydrogen (secondary N) is 1. The molecule has 1 unspecified atom stereocenters. The molecule has 0 aliphatic carbocycles. The van der Waals surface area contributed by atoms with E-state index in [-0.39, 0.29) is 37.9 Å². The number of benzene rings is 1. The lowest BCUT2D eigenvalue weighted by molar-refractivity contribution is -0.197. The average molecular weight is 410 g/mol. The molecule has 0 radical (unpaired) electrons. The van der Waals surface area contributed by atoms with Gasteiger partial charge in [0.1, 0.15) is 6.54 Å². The molecule has 2 aliphatic heterocycles. The summed E-state index contributed by atoms with van der Waals surface area (Å²) in [5.41, 5.74) is 9.20. The van der Waals surface area contributed by atoms with E-state index in [1.165, 1.54) is 24.3 Å². The van der Waals surface area contributed by atoms with E-state index in [1.54, 1.807) is 29.3 Å². The molecule has 0 spiro atoms. The van der Waals surface area contributed by atoms with Crippen LogP contribution in [0.3, 0.4) is 0 Å². The summed E-state index contributed by atoms with van der Waals surface area (Å²) in [5.74, 6) is -2.18. The van der Waals surface area contributed by atoms with E-state index < -0.39 is 17.8 Å². The number of hydrogen-bond donors (Lipinski definition) is 1. The lowest BCUT2D eigenvalue weighted by Crippen LogP contribution is -2.44. The van der Waals surface area contributed by atoms with Crippen molar-refractivity contribution in [3.05, 3.63) is 64.7 Å². The number of imide groups is 1. The molecule has 1 aromatic carbocycles. The summed E-state index contributed by atoms with van der Waals surface area (Å²) in [5, 5.41) is 6.72. The number of hydroxylamine groups is 2. The third-order valence-electron chi connectivity index (χ3n) is 4.42. The standard InChI is InChI=1S/C19H18N6O5/c20-23-22-14-6-4-13(5-7-14)19(29)21-11-15-3-1-2-10-24(15)12-18(28)30-25-16(26)8-9-17(25)27/h1-7,10,15H,8-9,11-12H2,(H,21,29). The third kappa shape index (κ3) is 5.03. The number of carbonyl (C=O) groups is 4. The second kappa shape index (κ2) is 9.39. The Morgan fingerprint density at radius 1 is 1.17 bits per heavy atom. The van der Waals surface area contributed by atoms with Crippen LogP contribution in [0.2, 0.25) is 0 Å². The van der Waals surface area contributed by atoms with Crippen LogP contribution in [0.5, 0.6) is 0 Å². The molecule has 1 aromatic rings. The van der Waals surface area contributed by atoms with Gasteiger partial charge in [-0.15, -0.1) is 5.06 Å². The number of allylic oxidation sites excluding steroid dienone is 2. The van der Waals surface area contributed by atoms with E-state index in [0.29, 0.717) is 16.3 Å². The van der Waals surface area contributed by atoms with Gasteiger partial charge in [-0.1, -0.05) is 29.4 Å². The minimum absolute atomic E-state index is 0.0248. The number of rotatable bonds is 7. The van der Waals surface area contributed by atoms with Crippen molar-refractivity contribution in [3.8, 4) is 0 Å². The van der Waals surface area contributed by atoms with Crippen LogP contribution in [0.4, 0.5) is 5.69 Å². The van der Waals surface area contributed by atoms with E-state index in [9.17, 15) is 19.2 Å². The van der Waals surface area contributed by atoms with E-state index in [1.807, 2.05) is 0 Å². The smallest absolute Gasteiger partial charge is 0.352 e. The molecule has 1 atom stereocenters. The number of hydrogen-bond acceptors (Lipinski definition) is 7. The van der Waals surface area contributed by atoms with Gasteiger partial charge < -0.3 is 15.1 Å². The molecule has 0 bridgehead atoms. The summed E-state index contributed by atoms with van der Waals surface area (Å²) in [6.45, 7) is -0.00801. The topological polar surface area (TPSA) is 145 Å². The first-order valence-corrected chi connectivity index (χ1v) is 9.08. The van der Waals surface area contributed by atoms with Crippen LogP contribution in [-0.2, 0) is 19.2 Å². The Hall–Kier alpha value is -4.11. The van der Waals surface area contributed by atoms with Crippen molar-refractivity contribution in [1.29, 1.82) is 0 Å². The molecule has 154 valence electrons. The zero-order valence-corrected chi connectivity index (χ0v) is 15.8. The molecule has 2 aliphatic rings. The molecule has 3 amide bonds. The van der Waals surface area contributed by atoms with E-state index >= 15 is 0 Å². The number of carbonyl (C=O) groups excluding carboxylic acids is 4. The maximum atomic E-state index is 12.3. The van der Waals surface area contributed by atoms with Gasteiger partial charge in [0.25, 0.3) is 17.7 Å². The number of azide groups is 1. The zero-order valence-electron chi connectivity index (χ0n) is 15.8. The van der Waals surface area contributed by atoms with E-state index in [2.05, 4.69) is 15.3 Å². The average Bonchev–Trinajstić information content (AvgIpc) is 3.05. The van der Waals surface area contributed by atoms with Crippen molar-refractivity contribution in [2.45, 2.75) is 18.9 Å². The highest BCUT2D eigenvalue weighted by Gasteiger charge is 2.33. The summed E-state index contributed by atoms with van der Waals surface area (Å²) >= 11 is 0. The maximum Gasteiger partial charge on any atom is 0.352 e. The molecule has 1 fully saturated rings. The van der Waals surface area contributed by atoms with Gasteiger partial charge in [-0.05, 0) is 23.7 Å². The van der Waals surface area contributed by atoms with Gasteiger partial charge in [0.2, 0.25) is 0 Å². The van der Waals surface area contributed by atoms with Crippen LogP contribution in [0.1, 0.15) is 23.2 Å². The van der Waals surface area contributed by atoms with Crippen LogP contribution in [0.15, 0.2) is 53.8 Å². The molecule has 1 N–H and O–H groups in total. The predicted molar refractivity (Wildman–Crippen MR) is 104 cm³/mol. The largest absolute Gasteiger partial charge is 0.358 e. The Morgan fingerprint density at radius 2 is 1.87 bits per heavy atom.